The minimum absolute atomic E-state index is 0.0552. The molecule has 1 saturated heterocycles. The van der Waals surface area contributed by atoms with E-state index in [1.807, 2.05) is 30.3 Å². The molecule has 0 bridgehead atoms. The van der Waals surface area contributed by atoms with Crippen molar-refractivity contribution in [3.8, 4) is 0 Å². The first-order valence-corrected chi connectivity index (χ1v) is 9.45. The Hall–Kier alpha value is -2.67. The van der Waals surface area contributed by atoms with Gasteiger partial charge >= 0.3 is 0 Å². The molecule has 7 heteroatoms. The molecule has 2 aromatic rings. The molecule has 0 aliphatic carbocycles. The van der Waals surface area contributed by atoms with Gasteiger partial charge in [-0.2, -0.15) is 5.10 Å². The van der Waals surface area contributed by atoms with Crippen LogP contribution < -0.4 is 10.2 Å². The highest BCUT2D eigenvalue weighted by atomic mass is 16.2. The molecule has 2 aliphatic heterocycles. The topological polar surface area (TPSA) is 70.5 Å². The Morgan fingerprint density at radius 3 is 2.89 bits per heavy atom. The summed E-state index contributed by atoms with van der Waals surface area (Å²) in [5, 5.41) is 7.13. The lowest BCUT2D eigenvalue weighted by Crippen LogP contribution is -2.53. The highest BCUT2D eigenvalue weighted by Crippen LogP contribution is 2.30. The summed E-state index contributed by atoms with van der Waals surface area (Å²) < 4.78 is 1.73. The molecule has 142 valence electrons. The fourth-order valence-electron chi connectivity index (χ4n) is 4.20. The summed E-state index contributed by atoms with van der Waals surface area (Å²) in [6, 6.07) is 5.92. The van der Waals surface area contributed by atoms with Gasteiger partial charge in [0.25, 0.3) is 0 Å². The first-order chi connectivity index (χ1) is 13.0. The summed E-state index contributed by atoms with van der Waals surface area (Å²) in [5.74, 6) is 0.108. The van der Waals surface area contributed by atoms with Crippen LogP contribution in [0.15, 0.2) is 30.6 Å². The fraction of sp³-hybridized carbons (Fsp3) is 0.450. The van der Waals surface area contributed by atoms with E-state index in [2.05, 4.69) is 21.4 Å². The maximum absolute atomic E-state index is 13.1. The van der Waals surface area contributed by atoms with Crippen molar-refractivity contribution in [1.29, 1.82) is 0 Å². The minimum atomic E-state index is -0.100. The third-order valence-corrected chi connectivity index (χ3v) is 5.46. The molecule has 2 aliphatic rings. The number of nitrogens with zero attached hydrogens (tertiary/aromatic N) is 4. The van der Waals surface area contributed by atoms with E-state index < -0.39 is 0 Å². The Morgan fingerprint density at radius 1 is 1.30 bits per heavy atom. The monoisotopic (exact) mass is 367 g/mol. The summed E-state index contributed by atoms with van der Waals surface area (Å²) in [7, 11) is 1.86. The third kappa shape index (κ3) is 3.47. The summed E-state index contributed by atoms with van der Waals surface area (Å²) >= 11 is 0. The number of anilines is 2. The smallest absolute Gasteiger partial charge is 0.244 e. The fourth-order valence-corrected chi connectivity index (χ4v) is 4.20. The van der Waals surface area contributed by atoms with E-state index in [0.29, 0.717) is 0 Å². The number of hydrogen-bond donors (Lipinski definition) is 1. The number of carbonyl (C=O) groups excluding carboxylic acids is 2. The van der Waals surface area contributed by atoms with Gasteiger partial charge in [0.15, 0.2) is 0 Å². The lowest BCUT2D eigenvalue weighted by Gasteiger charge is -2.40. The van der Waals surface area contributed by atoms with E-state index >= 15 is 0 Å². The lowest BCUT2D eigenvalue weighted by molar-refractivity contribution is -0.125. The van der Waals surface area contributed by atoms with Crippen molar-refractivity contribution in [2.24, 2.45) is 7.05 Å². The van der Waals surface area contributed by atoms with E-state index in [1.165, 1.54) is 18.1 Å². The third-order valence-electron chi connectivity index (χ3n) is 5.46. The second-order valence-electron chi connectivity index (χ2n) is 7.37. The Kier molecular flexibility index (Phi) is 4.70. The highest BCUT2D eigenvalue weighted by Gasteiger charge is 2.36. The molecule has 1 fully saturated rings. The molecule has 2 amide bonds. The van der Waals surface area contributed by atoms with Gasteiger partial charge in [0.05, 0.1) is 17.9 Å². The first-order valence-electron chi connectivity index (χ1n) is 9.45. The molecule has 1 aromatic heterocycles. The summed E-state index contributed by atoms with van der Waals surface area (Å²) in [6.45, 7) is 3.83. The van der Waals surface area contributed by atoms with E-state index in [-0.39, 0.29) is 17.9 Å². The average molecular weight is 367 g/mol. The zero-order chi connectivity index (χ0) is 19.0. The number of fused-ring (bicyclic) bond motifs is 1. The lowest BCUT2D eigenvalue weighted by atomic mass is 9.94. The van der Waals surface area contributed by atoms with Gasteiger partial charge in [0.2, 0.25) is 11.8 Å². The van der Waals surface area contributed by atoms with Gasteiger partial charge in [0, 0.05) is 45.5 Å². The number of amides is 2. The molecule has 0 spiro atoms. The minimum Gasteiger partial charge on any atom is -0.326 e. The van der Waals surface area contributed by atoms with Gasteiger partial charge in [0.1, 0.15) is 0 Å². The second kappa shape index (κ2) is 7.15. The zero-order valence-corrected chi connectivity index (χ0v) is 15.8. The van der Waals surface area contributed by atoms with Gasteiger partial charge in [-0.1, -0.05) is 12.1 Å². The van der Waals surface area contributed by atoms with E-state index in [1.54, 1.807) is 10.9 Å². The van der Waals surface area contributed by atoms with Crippen LogP contribution in [0, 0.1) is 0 Å². The number of aromatic nitrogens is 2. The van der Waals surface area contributed by atoms with Crippen molar-refractivity contribution in [2.75, 3.05) is 23.3 Å². The number of piperidine rings is 1. The van der Waals surface area contributed by atoms with Crippen LogP contribution in [0.3, 0.4) is 0 Å². The van der Waals surface area contributed by atoms with Crippen LogP contribution >= 0.6 is 0 Å². The van der Waals surface area contributed by atoms with Crippen molar-refractivity contribution in [3.63, 3.8) is 0 Å². The van der Waals surface area contributed by atoms with Crippen LogP contribution in [0.2, 0.25) is 0 Å². The van der Waals surface area contributed by atoms with Gasteiger partial charge in [-0.15, -0.1) is 0 Å². The van der Waals surface area contributed by atoms with E-state index in [0.717, 1.165) is 50.3 Å². The molecule has 0 radical (unpaired) electrons. The Labute approximate surface area is 158 Å². The molecule has 3 heterocycles. The van der Waals surface area contributed by atoms with Gasteiger partial charge in [-0.25, -0.2) is 0 Å². The Bertz CT molecular complexity index is 875. The molecule has 1 N–H and O–H groups in total. The van der Waals surface area contributed by atoms with Crippen LogP contribution in [0.25, 0.3) is 0 Å². The molecule has 1 unspecified atom stereocenters. The number of carbonyl (C=O) groups is 2. The normalized spacial score (nSPS) is 20.4. The largest absolute Gasteiger partial charge is 0.326 e. The zero-order valence-electron chi connectivity index (χ0n) is 15.8. The summed E-state index contributed by atoms with van der Waals surface area (Å²) in [6.07, 6.45) is 6.36. The van der Waals surface area contributed by atoms with Crippen LogP contribution in [0.4, 0.5) is 11.4 Å². The molecule has 1 aromatic carbocycles. The van der Waals surface area contributed by atoms with Crippen molar-refractivity contribution < 1.29 is 9.59 Å². The van der Waals surface area contributed by atoms with Crippen molar-refractivity contribution in [2.45, 2.75) is 38.8 Å². The quantitative estimate of drug-likeness (QED) is 0.900. The number of rotatable bonds is 3. The summed E-state index contributed by atoms with van der Waals surface area (Å²) in [5.41, 5.74) is 4.15. The maximum Gasteiger partial charge on any atom is 0.244 e. The van der Waals surface area contributed by atoms with E-state index in [4.69, 9.17) is 0 Å². The molecule has 7 nitrogen and oxygen atoms in total. The number of benzene rings is 1. The van der Waals surface area contributed by atoms with Gasteiger partial charge in [-0.3, -0.25) is 19.2 Å². The molecule has 0 saturated carbocycles. The predicted molar refractivity (Wildman–Crippen MR) is 103 cm³/mol. The molecule has 4 rings (SSSR count). The first kappa shape index (κ1) is 17.7. The van der Waals surface area contributed by atoms with Crippen molar-refractivity contribution in [1.82, 2.24) is 14.7 Å². The van der Waals surface area contributed by atoms with Crippen LogP contribution in [-0.2, 0) is 29.6 Å². The number of hydrogen-bond acceptors (Lipinski definition) is 4. The number of aryl methyl sites for hydroxylation is 1. The molecule has 27 heavy (non-hydrogen) atoms. The maximum atomic E-state index is 13.1. The van der Waals surface area contributed by atoms with Gasteiger partial charge < -0.3 is 10.2 Å². The van der Waals surface area contributed by atoms with Crippen molar-refractivity contribution in [3.05, 3.63) is 41.7 Å². The number of nitrogens with one attached hydrogen (secondary N) is 1. The molecule has 1 atom stereocenters. The highest BCUT2D eigenvalue weighted by molar-refractivity contribution is 5.97. The van der Waals surface area contributed by atoms with Crippen LogP contribution in [0.5, 0.6) is 0 Å². The molecular weight excluding hydrogens is 342 g/mol. The van der Waals surface area contributed by atoms with Crippen molar-refractivity contribution >= 4 is 23.2 Å². The van der Waals surface area contributed by atoms with Crippen LogP contribution in [0.1, 0.15) is 30.9 Å². The van der Waals surface area contributed by atoms with E-state index in [9.17, 15) is 9.59 Å². The predicted octanol–water partition coefficient (Wildman–Crippen LogP) is 1.93. The van der Waals surface area contributed by atoms with Crippen LogP contribution in [-0.4, -0.2) is 45.6 Å². The molecular formula is C20H25N5O2. The summed E-state index contributed by atoms with van der Waals surface area (Å²) in [4.78, 5) is 28.7. The average Bonchev–Trinajstić information content (AvgIpc) is 3.07. The Morgan fingerprint density at radius 2 is 2.15 bits per heavy atom. The van der Waals surface area contributed by atoms with Gasteiger partial charge in [-0.05, 0) is 36.5 Å². The SMILES string of the molecule is CC(=O)Nc1cccc2c1CCN(C1CCCN(c3cnn(C)c3)C1=O)C2. The standard InChI is InChI=1S/C20H25N5O2/c1-14(26)22-18-6-3-5-15-12-24(10-8-17(15)18)19-7-4-9-25(20(19)27)16-11-21-23(2)13-16/h3,5-6,11,13,19H,4,7-10,12H2,1-2H3,(H,22,26). The second-order valence-corrected chi connectivity index (χ2v) is 7.37. The Balaban J connectivity index is 1.53.